The summed E-state index contributed by atoms with van der Waals surface area (Å²) >= 11 is 0. The van der Waals surface area contributed by atoms with Crippen LogP contribution in [0.1, 0.15) is 22.3 Å². The molecule has 1 aliphatic rings. The molecule has 130 valence electrons. The van der Waals surface area contributed by atoms with Gasteiger partial charge in [0.05, 0.1) is 5.56 Å². The SMILES string of the molecule is Cl.Cl.Nc1ccncc1C(=O)NC1CCN(Cc2ccccc2)C1. The summed E-state index contributed by atoms with van der Waals surface area (Å²) in [7, 11) is 0. The summed E-state index contributed by atoms with van der Waals surface area (Å²) in [6.07, 6.45) is 4.06. The van der Waals surface area contributed by atoms with Gasteiger partial charge in [0.25, 0.3) is 5.91 Å². The monoisotopic (exact) mass is 368 g/mol. The third-order valence-corrected chi connectivity index (χ3v) is 3.96. The topological polar surface area (TPSA) is 71.2 Å². The van der Waals surface area contributed by atoms with Crippen LogP contribution in [-0.2, 0) is 6.54 Å². The van der Waals surface area contributed by atoms with Crippen LogP contribution in [0.5, 0.6) is 0 Å². The molecule has 2 aromatic rings. The molecule has 5 nitrogen and oxygen atoms in total. The number of hydrogen-bond donors (Lipinski definition) is 2. The van der Waals surface area contributed by atoms with E-state index in [0.29, 0.717) is 11.3 Å². The van der Waals surface area contributed by atoms with E-state index in [2.05, 4.69) is 39.5 Å². The van der Waals surface area contributed by atoms with Crippen molar-refractivity contribution in [2.24, 2.45) is 0 Å². The van der Waals surface area contributed by atoms with Gasteiger partial charge in [0.2, 0.25) is 0 Å². The number of nitrogen functional groups attached to an aromatic ring is 1. The van der Waals surface area contributed by atoms with Crippen molar-refractivity contribution >= 4 is 36.4 Å². The smallest absolute Gasteiger partial charge is 0.255 e. The number of benzene rings is 1. The average Bonchev–Trinajstić information content (AvgIpc) is 2.95. The maximum absolute atomic E-state index is 12.2. The van der Waals surface area contributed by atoms with Gasteiger partial charge >= 0.3 is 0 Å². The van der Waals surface area contributed by atoms with Gasteiger partial charge in [0.1, 0.15) is 0 Å². The summed E-state index contributed by atoms with van der Waals surface area (Å²) in [6.45, 7) is 2.77. The van der Waals surface area contributed by atoms with Crippen molar-refractivity contribution < 1.29 is 4.79 Å². The number of rotatable bonds is 4. The minimum Gasteiger partial charge on any atom is -0.398 e. The number of amides is 1. The van der Waals surface area contributed by atoms with E-state index < -0.39 is 0 Å². The first-order valence-electron chi connectivity index (χ1n) is 7.49. The second-order valence-corrected chi connectivity index (χ2v) is 5.64. The number of carbonyl (C=O) groups is 1. The molecule has 0 radical (unpaired) electrons. The van der Waals surface area contributed by atoms with Crippen molar-refractivity contribution in [3.05, 3.63) is 59.9 Å². The van der Waals surface area contributed by atoms with Crippen molar-refractivity contribution in [2.75, 3.05) is 18.8 Å². The summed E-state index contributed by atoms with van der Waals surface area (Å²) in [5, 5.41) is 3.05. The first-order valence-corrected chi connectivity index (χ1v) is 7.49. The minimum atomic E-state index is -0.142. The highest BCUT2D eigenvalue weighted by molar-refractivity contribution is 5.98. The lowest BCUT2D eigenvalue weighted by atomic mass is 10.2. The maximum Gasteiger partial charge on any atom is 0.255 e. The van der Waals surface area contributed by atoms with E-state index in [1.807, 2.05) is 6.07 Å². The molecule has 0 saturated carbocycles. The Kier molecular flexibility index (Phi) is 7.98. The van der Waals surface area contributed by atoms with E-state index >= 15 is 0 Å². The molecule has 1 fully saturated rings. The molecule has 0 bridgehead atoms. The zero-order chi connectivity index (χ0) is 15.4. The van der Waals surface area contributed by atoms with Crippen LogP contribution in [-0.4, -0.2) is 34.9 Å². The zero-order valence-electron chi connectivity index (χ0n) is 13.2. The maximum atomic E-state index is 12.2. The molecule has 1 aromatic carbocycles. The molecule has 24 heavy (non-hydrogen) atoms. The quantitative estimate of drug-likeness (QED) is 0.869. The minimum absolute atomic E-state index is 0. The van der Waals surface area contributed by atoms with Crippen molar-refractivity contribution in [1.82, 2.24) is 15.2 Å². The Balaban J connectivity index is 0.00000144. The predicted molar refractivity (Wildman–Crippen MR) is 101 cm³/mol. The third-order valence-electron chi connectivity index (χ3n) is 3.96. The summed E-state index contributed by atoms with van der Waals surface area (Å²) in [4.78, 5) is 18.6. The molecule has 3 N–H and O–H groups in total. The summed E-state index contributed by atoms with van der Waals surface area (Å²) in [6, 6.07) is 12.2. The Morgan fingerprint density at radius 1 is 1.25 bits per heavy atom. The lowest BCUT2D eigenvalue weighted by Gasteiger charge is -2.17. The fraction of sp³-hybridized carbons (Fsp3) is 0.294. The van der Waals surface area contributed by atoms with Crippen LogP contribution >= 0.6 is 24.8 Å². The Bertz CT molecular complexity index is 654. The molecular weight excluding hydrogens is 347 g/mol. The van der Waals surface area contributed by atoms with Crippen LogP contribution in [0.4, 0.5) is 5.69 Å². The fourth-order valence-electron chi connectivity index (χ4n) is 2.79. The Labute approximate surface area is 154 Å². The molecule has 1 atom stereocenters. The Morgan fingerprint density at radius 3 is 2.71 bits per heavy atom. The summed E-state index contributed by atoms with van der Waals surface area (Å²) in [5.41, 5.74) is 8.02. The highest BCUT2D eigenvalue weighted by atomic mass is 35.5. The largest absolute Gasteiger partial charge is 0.398 e. The lowest BCUT2D eigenvalue weighted by Crippen LogP contribution is -2.37. The van der Waals surface area contributed by atoms with Crippen molar-refractivity contribution in [2.45, 2.75) is 19.0 Å². The van der Waals surface area contributed by atoms with Gasteiger partial charge in [-0.2, -0.15) is 0 Å². The third kappa shape index (κ3) is 5.09. The molecule has 2 heterocycles. The van der Waals surface area contributed by atoms with Gasteiger partial charge in [-0.1, -0.05) is 30.3 Å². The molecule has 1 unspecified atom stereocenters. The summed E-state index contributed by atoms with van der Waals surface area (Å²) in [5.74, 6) is -0.142. The average molecular weight is 369 g/mol. The Hall–Kier alpha value is -1.82. The van der Waals surface area contributed by atoms with E-state index in [1.165, 1.54) is 11.8 Å². The van der Waals surface area contributed by atoms with Crippen LogP contribution in [0.3, 0.4) is 0 Å². The van der Waals surface area contributed by atoms with Gasteiger partial charge in [-0.05, 0) is 18.1 Å². The number of carbonyl (C=O) groups excluding carboxylic acids is 1. The molecule has 0 spiro atoms. The van der Waals surface area contributed by atoms with E-state index in [0.717, 1.165) is 26.1 Å². The predicted octanol–water partition coefficient (Wildman–Crippen LogP) is 2.51. The van der Waals surface area contributed by atoms with Crippen LogP contribution in [0.25, 0.3) is 0 Å². The van der Waals surface area contributed by atoms with E-state index in [-0.39, 0.29) is 36.8 Å². The summed E-state index contributed by atoms with van der Waals surface area (Å²) < 4.78 is 0. The first-order chi connectivity index (χ1) is 10.7. The number of nitrogens with one attached hydrogen (secondary N) is 1. The van der Waals surface area contributed by atoms with Crippen molar-refractivity contribution in [3.8, 4) is 0 Å². The van der Waals surface area contributed by atoms with Gasteiger partial charge in [-0.15, -0.1) is 24.8 Å². The van der Waals surface area contributed by atoms with Gasteiger partial charge in [0.15, 0.2) is 0 Å². The van der Waals surface area contributed by atoms with E-state index in [9.17, 15) is 4.79 Å². The van der Waals surface area contributed by atoms with Gasteiger partial charge in [0, 0.05) is 43.8 Å². The Morgan fingerprint density at radius 2 is 2.00 bits per heavy atom. The molecule has 3 rings (SSSR count). The molecule has 1 aliphatic heterocycles. The zero-order valence-corrected chi connectivity index (χ0v) is 14.9. The molecule has 1 amide bonds. The number of hydrogen-bond acceptors (Lipinski definition) is 4. The number of nitrogens with zero attached hydrogens (tertiary/aromatic N) is 2. The van der Waals surface area contributed by atoms with E-state index in [1.54, 1.807) is 12.3 Å². The van der Waals surface area contributed by atoms with Gasteiger partial charge in [-0.3, -0.25) is 14.7 Å². The van der Waals surface area contributed by atoms with Crippen molar-refractivity contribution in [1.29, 1.82) is 0 Å². The first kappa shape index (κ1) is 20.2. The van der Waals surface area contributed by atoms with Gasteiger partial charge < -0.3 is 11.1 Å². The highest BCUT2D eigenvalue weighted by Crippen LogP contribution is 2.15. The van der Waals surface area contributed by atoms with Crippen LogP contribution in [0, 0.1) is 0 Å². The number of anilines is 1. The van der Waals surface area contributed by atoms with Crippen LogP contribution in [0.2, 0.25) is 0 Å². The molecule has 1 aromatic heterocycles. The second-order valence-electron chi connectivity index (χ2n) is 5.64. The normalized spacial score (nSPS) is 16.8. The number of likely N-dealkylation sites (tertiary alicyclic amines) is 1. The molecule has 0 aliphatic carbocycles. The number of nitrogens with two attached hydrogens (primary N) is 1. The molecule has 7 heteroatoms. The number of aromatic nitrogens is 1. The fourth-order valence-corrected chi connectivity index (χ4v) is 2.79. The number of pyridine rings is 1. The van der Waals surface area contributed by atoms with Crippen LogP contribution < -0.4 is 11.1 Å². The standard InChI is InChI=1S/C17H20N4O.2ClH/c18-16-6-8-19-10-15(16)17(22)20-14-7-9-21(12-14)11-13-4-2-1-3-5-13;;/h1-6,8,10,14H,7,9,11-12H2,(H2,18,19)(H,20,22);2*1H. The molecule has 1 saturated heterocycles. The lowest BCUT2D eigenvalue weighted by molar-refractivity contribution is 0.0938. The number of halogens is 2. The molecular formula is C17H22Cl2N4O. The highest BCUT2D eigenvalue weighted by Gasteiger charge is 2.24. The van der Waals surface area contributed by atoms with Crippen LogP contribution in [0.15, 0.2) is 48.8 Å². The van der Waals surface area contributed by atoms with E-state index in [4.69, 9.17) is 5.73 Å². The van der Waals surface area contributed by atoms with Crippen molar-refractivity contribution in [3.63, 3.8) is 0 Å². The van der Waals surface area contributed by atoms with Gasteiger partial charge in [-0.25, -0.2) is 0 Å². The second kappa shape index (κ2) is 9.47.